The van der Waals surface area contributed by atoms with Crippen LogP contribution >= 0.6 is 0 Å². The minimum absolute atomic E-state index is 0.0774. The van der Waals surface area contributed by atoms with E-state index >= 15 is 0 Å². The number of phenols is 1. The maximum Gasteiger partial charge on any atom is 0.200 e. The minimum atomic E-state index is -0.0994. The predicted molar refractivity (Wildman–Crippen MR) is 87.1 cm³/mol. The van der Waals surface area contributed by atoms with Crippen LogP contribution in [0.25, 0.3) is 32.9 Å². The largest absolute Gasteiger partial charge is 0.508 e. The zero-order valence-electron chi connectivity index (χ0n) is 11.6. The van der Waals surface area contributed by atoms with Gasteiger partial charge in [-0.3, -0.25) is 4.79 Å². The van der Waals surface area contributed by atoms with Gasteiger partial charge in [-0.1, -0.05) is 42.5 Å². The van der Waals surface area contributed by atoms with Gasteiger partial charge in [0, 0.05) is 6.07 Å². The molecule has 0 amide bonds. The van der Waals surface area contributed by atoms with Crippen LogP contribution in [-0.4, -0.2) is 5.11 Å². The van der Waals surface area contributed by atoms with Gasteiger partial charge in [-0.2, -0.15) is 0 Å². The van der Waals surface area contributed by atoms with Crippen LogP contribution in [-0.2, 0) is 0 Å². The van der Waals surface area contributed by atoms with E-state index in [1.165, 1.54) is 18.4 Å². The highest BCUT2D eigenvalue weighted by Gasteiger charge is 2.11. The third-order valence-electron chi connectivity index (χ3n) is 3.84. The number of hydrogen-bond donors (Lipinski definition) is 1. The lowest BCUT2D eigenvalue weighted by molar-refractivity contribution is 0.474. The van der Waals surface area contributed by atoms with Crippen LogP contribution in [0.5, 0.6) is 5.75 Å². The molecule has 3 nitrogen and oxygen atoms in total. The molecule has 106 valence electrons. The number of fused-ring (bicyclic) bond motifs is 2. The van der Waals surface area contributed by atoms with Gasteiger partial charge in [0.2, 0.25) is 5.43 Å². The van der Waals surface area contributed by atoms with Gasteiger partial charge < -0.3 is 9.52 Å². The predicted octanol–water partition coefficient (Wildman–Crippen LogP) is 4.32. The molecule has 3 heteroatoms. The topological polar surface area (TPSA) is 50.4 Å². The van der Waals surface area contributed by atoms with Crippen molar-refractivity contribution in [2.75, 3.05) is 0 Å². The Balaban J connectivity index is 2.07. The van der Waals surface area contributed by atoms with Gasteiger partial charge >= 0.3 is 0 Å². The maximum atomic E-state index is 12.7. The highest BCUT2D eigenvalue weighted by molar-refractivity contribution is 5.97. The number of benzene rings is 3. The molecule has 0 spiro atoms. The molecular formula is C19H12O3. The van der Waals surface area contributed by atoms with Crippen molar-refractivity contribution in [3.63, 3.8) is 0 Å². The summed E-state index contributed by atoms with van der Waals surface area (Å²) in [7, 11) is 0. The van der Waals surface area contributed by atoms with Gasteiger partial charge in [0.1, 0.15) is 17.6 Å². The summed E-state index contributed by atoms with van der Waals surface area (Å²) in [6, 6.07) is 18.3. The van der Waals surface area contributed by atoms with Gasteiger partial charge in [0.25, 0.3) is 0 Å². The molecule has 0 atom stereocenters. The van der Waals surface area contributed by atoms with Crippen LogP contribution in [0.2, 0.25) is 0 Å². The van der Waals surface area contributed by atoms with Crippen LogP contribution < -0.4 is 5.43 Å². The van der Waals surface area contributed by atoms with Crippen LogP contribution in [0.1, 0.15) is 0 Å². The molecule has 1 N–H and O–H groups in total. The van der Waals surface area contributed by atoms with E-state index in [-0.39, 0.29) is 11.2 Å². The van der Waals surface area contributed by atoms with E-state index < -0.39 is 0 Å². The molecule has 3 aromatic carbocycles. The molecule has 0 fully saturated rings. The standard InChI is InChI=1S/C19H12O3/c20-13-8-9-16-18(10-13)22-11-17(19(16)21)15-7-3-5-12-4-1-2-6-14(12)15/h1-11,20H. The fourth-order valence-electron chi connectivity index (χ4n) is 2.76. The van der Waals surface area contributed by atoms with Gasteiger partial charge in [-0.05, 0) is 28.5 Å². The van der Waals surface area contributed by atoms with Crippen molar-refractivity contribution in [1.82, 2.24) is 0 Å². The van der Waals surface area contributed by atoms with E-state index in [9.17, 15) is 9.90 Å². The van der Waals surface area contributed by atoms with Crippen LogP contribution in [0.15, 0.2) is 76.1 Å². The summed E-state index contributed by atoms with van der Waals surface area (Å²) in [5.74, 6) is 0.0774. The zero-order valence-corrected chi connectivity index (χ0v) is 11.6. The van der Waals surface area contributed by atoms with E-state index in [1.807, 2.05) is 42.5 Å². The lowest BCUT2D eigenvalue weighted by atomic mass is 9.98. The normalized spacial score (nSPS) is 11.1. The van der Waals surface area contributed by atoms with E-state index in [0.717, 1.165) is 16.3 Å². The monoisotopic (exact) mass is 288 g/mol. The van der Waals surface area contributed by atoms with Crippen molar-refractivity contribution >= 4 is 21.7 Å². The van der Waals surface area contributed by atoms with Gasteiger partial charge in [0.05, 0.1) is 10.9 Å². The Morgan fingerprint density at radius 2 is 1.64 bits per heavy atom. The number of phenolic OH excluding ortho intramolecular Hbond substituents is 1. The molecule has 4 aromatic rings. The van der Waals surface area contributed by atoms with Crippen molar-refractivity contribution in [3.05, 3.63) is 77.2 Å². The first-order valence-electron chi connectivity index (χ1n) is 6.97. The van der Waals surface area contributed by atoms with Gasteiger partial charge in [0.15, 0.2) is 0 Å². The summed E-state index contributed by atoms with van der Waals surface area (Å²) in [5, 5.41) is 12.0. The van der Waals surface area contributed by atoms with Gasteiger partial charge in [-0.25, -0.2) is 0 Å². The molecule has 0 saturated carbocycles. The van der Waals surface area contributed by atoms with Crippen molar-refractivity contribution in [2.45, 2.75) is 0 Å². The molecule has 1 aromatic heterocycles. The van der Waals surface area contributed by atoms with E-state index in [0.29, 0.717) is 16.5 Å². The Hall–Kier alpha value is -3.07. The fourth-order valence-corrected chi connectivity index (χ4v) is 2.76. The second-order valence-corrected chi connectivity index (χ2v) is 5.19. The summed E-state index contributed by atoms with van der Waals surface area (Å²) < 4.78 is 5.55. The summed E-state index contributed by atoms with van der Waals surface area (Å²) in [4.78, 5) is 12.7. The molecule has 4 rings (SSSR count). The first kappa shape index (κ1) is 12.7. The molecule has 0 saturated heterocycles. The minimum Gasteiger partial charge on any atom is -0.508 e. The highest BCUT2D eigenvalue weighted by Crippen LogP contribution is 2.28. The number of rotatable bonds is 1. The summed E-state index contributed by atoms with van der Waals surface area (Å²) >= 11 is 0. The number of hydrogen-bond acceptors (Lipinski definition) is 3. The fraction of sp³-hybridized carbons (Fsp3) is 0. The lowest BCUT2D eigenvalue weighted by Crippen LogP contribution is -2.04. The van der Waals surface area contributed by atoms with Crippen LogP contribution in [0.4, 0.5) is 0 Å². The Kier molecular flexibility index (Phi) is 2.73. The lowest BCUT2D eigenvalue weighted by Gasteiger charge is -2.07. The Bertz CT molecular complexity index is 1060. The second kappa shape index (κ2) is 4.74. The van der Waals surface area contributed by atoms with Crippen molar-refractivity contribution in [1.29, 1.82) is 0 Å². The first-order valence-corrected chi connectivity index (χ1v) is 6.97. The third-order valence-corrected chi connectivity index (χ3v) is 3.84. The highest BCUT2D eigenvalue weighted by atomic mass is 16.3. The molecule has 0 aliphatic carbocycles. The van der Waals surface area contributed by atoms with Crippen LogP contribution in [0.3, 0.4) is 0 Å². The molecule has 1 heterocycles. The Labute approximate surface area is 126 Å². The molecule has 0 bridgehead atoms. The summed E-state index contributed by atoms with van der Waals surface area (Å²) in [5.41, 5.74) is 1.66. The summed E-state index contributed by atoms with van der Waals surface area (Å²) in [6.45, 7) is 0. The molecule has 0 radical (unpaired) electrons. The molecular weight excluding hydrogens is 276 g/mol. The Morgan fingerprint density at radius 3 is 2.55 bits per heavy atom. The molecule has 22 heavy (non-hydrogen) atoms. The average molecular weight is 288 g/mol. The van der Waals surface area contributed by atoms with E-state index in [4.69, 9.17) is 4.42 Å². The van der Waals surface area contributed by atoms with Gasteiger partial charge in [-0.15, -0.1) is 0 Å². The van der Waals surface area contributed by atoms with E-state index in [2.05, 4.69) is 0 Å². The van der Waals surface area contributed by atoms with Crippen molar-refractivity contribution in [3.8, 4) is 16.9 Å². The Morgan fingerprint density at radius 1 is 0.818 bits per heavy atom. The molecule has 0 unspecified atom stereocenters. The quantitative estimate of drug-likeness (QED) is 0.567. The third kappa shape index (κ3) is 1.87. The summed E-state index contributed by atoms with van der Waals surface area (Å²) in [6.07, 6.45) is 1.46. The first-order chi connectivity index (χ1) is 10.7. The number of aromatic hydroxyl groups is 1. The van der Waals surface area contributed by atoms with Crippen LogP contribution in [0, 0.1) is 0 Å². The van der Waals surface area contributed by atoms with Crippen molar-refractivity contribution < 1.29 is 9.52 Å². The average Bonchev–Trinajstić information content (AvgIpc) is 2.55. The van der Waals surface area contributed by atoms with Crippen molar-refractivity contribution in [2.24, 2.45) is 0 Å². The molecule has 0 aliphatic rings. The SMILES string of the molecule is O=c1c(-c2cccc3ccccc23)coc2cc(O)ccc12. The second-order valence-electron chi connectivity index (χ2n) is 5.19. The smallest absolute Gasteiger partial charge is 0.200 e. The zero-order chi connectivity index (χ0) is 15.1. The van der Waals surface area contributed by atoms with E-state index in [1.54, 1.807) is 6.07 Å². The molecule has 0 aliphatic heterocycles. The maximum absolute atomic E-state index is 12.7.